The van der Waals surface area contributed by atoms with E-state index in [0.717, 1.165) is 6.42 Å². The van der Waals surface area contributed by atoms with Crippen molar-refractivity contribution in [1.82, 2.24) is 0 Å². The molecular weight excluding hydrogens is 250 g/mol. The van der Waals surface area contributed by atoms with Crippen molar-refractivity contribution in [2.45, 2.75) is 44.6 Å². The van der Waals surface area contributed by atoms with Crippen LogP contribution in [-0.4, -0.2) is 6.04 Å². The molecule has 0 amide bonds. The van der Waals surface area contributed by atoms with Crippen LogP contribution in [0.15, 0.2) is 35.7 Å². The highest BCUT2D eigenvalue weighted by Crippen LogP contribution is 2.37. The van der Waals surface area contributed by atoms with E-state index in [1.807, 2.05) is 11.3 Å². The second kappa shape index (κ2) is 5.48. The monoisotopic (exact) mass is 271 g/mol. The first-order valence-electron chi connectivity index (χ1n) is 7.11. The maximum absolute atomic E-state index is 6.50. The minimum atomic E-state index is 0.247. The van der Waals surface area contributed by atoms with Crippen LogP contribution in [0, 0.1) is 6.92 Å². The zero-order valence-electron chi connectivity index (χ0n) is 11.4. The topological polar surface area (TPSA) is 26.0 Å². The minimum Gasteiger partial charge on any atom is -0.327 e. The van der Waals surface area contributed by atoms with E-state index >= 15 is 0 Å². The number of rotatable bonds is 3. The second-order valence-electron chi connectivity index (χ2n) is 5.65. The van der Waals surface area contributed by atoms with E-state index in [4.69, 9.17) is 5.73 Å². The smallest absolute Gasteiger partial charge is 0.0149 e. The van der Waals surface area contributed by atoms with Crippen LogP contribution in [0.1, 0.15) is 40.3 Å². The third-order valence-electron chi connectivity index (χ3n) is 4.21. The summed E-state index contributed by atoms with van der Waals surface area (Å²) in [7, 11) is 0. The van der Waals surface area contributed by atoms with Gasteiger partial charge in [0.15, 0.2) is 0 Å². The molecule has 1 aliphatic rings. The van der Waals surface area contributed by atoms with Gasteiger partial charge in [0, 0.05) is 16.8 Å². The molecule has 1 heterocycles. The van der Waals surface area contributed by atoms with Crippen molar-refractivity contribution in [3.05, 3.63) is 57.3 Å². The lowest BCUT2D eigenvalue weighted by Crippen LogP contribution is -2.32. The normalized spacial score (nSPS) is 20.0. The molecule has 2 unspecified atom stereocenters. The molecule has 1 aromatic carbocycles. The average molecular weight is 271 g/mol. The van der Waals surface area contributed by atoms with Crippen LogP contribution in [0.25, 0.3) is 0 Å². The molecule has 2 heteroatoms. The van der Waals surface area contributed by atoms with Gasteiger partial charge in [0.05, 0.1) is 0 Å². The van der Waals surface area contributed by atoms with Gasteiger partial charge in [-0.3, -0.25) is 0 Å². The molecule has 0 radical (unpaired) electrons. The Bertz CT molecular complexity index is 541. The van der Waals surface area contributed by atoms with Crippen molar-refractivity contribution >= 4 is 11.3 Å². The van der Waals surface area contributed by atoms with Crippen LogP contribution in [0.4, 0.5) is 0 Å². The van der Waals surface area contributed by atoms with Crippen molar-refractivity contribution in [1.29, 1.82) is 0 Å². The molecule has 0 saturated heterocycles. The summed E-state index contributed by atoms with van der Waals surface area (Å²) in [5.41, 5.74) is 10.7. The summed E-state index contributed by atoms with van der Waals surface area (Å²) in [6.07, 6.45) is 4.78. The van der Waals surface area contributed by atoms with Gasteiger partial charge in [-0.05, 0) is 55.2 Å². The number of thiophene rings is 1. The SMILES string of the molecule is Cc1ccc(CC(N)C2CCCc3sccc32)cc1. The summed E-state index contributed by atoms with van der Waals surface area (Å²) in [6.45, 7) is 2.13. The highest BCUT2D eigenvalue weighted by molar-refractivity contribution is 7.10. The van der Waals surface area contributed by atoms with Crippen LogP contribution in [0.3, 0.4) is 0 Å². The van der Waals surface area contributed by atoms with Crippen LogP contribution in [-0.2, 0) is 12.8 Å². The fourth-order valence-corrected chi connectivity index (χ4v) is 4.10. The van der Waals surface area contributed by atoms with Gasteiger partial charge < -0.3 is 5.73 Å². The van der Waals surface area contributed by atoms with Gasteiger partial charge in [-0.25, -0.2) is 0 Å². The number of hydrogen-bond donors (Lipinski definition) is 1. The Morgan fingerprint density at radius 3 is 2.84 bits per heavy atom. The third kappa shape index (κ3) is 2.75. The molecule has 1 nitrogen and oxygen atoms in total. The number of nitrogens with two attached hydrogens (primary N) is 1. The molecule has 100 valence electrons. The van der Waals surface area contributed by atoms with Gasteiger partial charge in [0.25, 0.3) is 0 Å². The van der Waals surface area contributed by atoms with E-state index in [2.05, 4.69) is 42.6 Å². The van der Waals surface area contributed by atoms with E-state index in [-0.39, 0.29) is 6.04 Å². The Morgan fingerprint density at radius 1 is 1.26 bits per heavy atom. The Balaban J connectivity index is 1.75. The van der Waals surface area contributed by atoms with Crippen molar-refractivity contribution < 1.29 is 0 Å². The molecule has 1 aromatic heterocycles. The Labute approximate surface area is 119 Å². The first-order valence-corrected chi connectivity index (χ1v) is 7.99. The minimum absolute atomic E-state index is 0.247. The molecule has 2 aromatic rings. The number of hydrogen-bond acceptors (Lipinski definition) is 2. The molecule has 0 bridgehead atoms. The second-order valence-corrected chi connectivity index (χ2v) is 6.65. The Hall–Kier alpha value is -1.12. The van der Waals surface area contributed by atoms with Crippen molar-refractivity contribution in [2.24, 2.45) is 5.73 Å². The summed E-state index contributed by atoms with van der Waals surface area (Å²) < 4.78 is 0. The van der Waals surface area contributed by atoms with Gasteiger partial charge in [-0.2, -0.15) is 0 Å². The van der Waals surface area contributed by atoms with Gasteiger partial charge in [0.1, 0.15) is 0 Å². The number of aryl methyl sites for hydroxylation is 2. The maximum Gasteiger partial charge on any atom is 0.0149 e. The van der Waals surface area contributed by atoms with Gasteiger partial charge in [-0.1, -0.05) is 29.8 Å². The number of benzene rings is 1. The molecule has 0 aliphatic heterocycles. The molecule has 19 heavy (non-hydrogen) atoms. The standard InChI is InChI=1S/C17H21NS/c1-12-5-7-13(8-6-12)11-16(18)14-3-2-4-17-15(14)9-10-19-17/h5-10,14,16H,2-4,11,18H2,1H3. The summed E-state index contributed by atoms with van der Waals surface area (Å²) in [5, 5.41) is 2.22. The predicted octanol–water partition coefficient (Wildman–Crippen LogP) is 4.05. The summed E-state index contributed by atoms with van der Waals surface area (Å²) >= 11 is 1.90. The van der Waals surface area contributed by atoms with Gasteiger partial charge >= 0.3 is 0 Å². The fraction of sp³-hybridized carbons (Fsp3) is 0.412. The molecule has 1 aliphatic carbocycles. The van der Waals surface area contributed by atoms with Crippen LogP contribution >= 0.6 is 11.3 Å². The zero-order chi connectivity index (χ0) is 13.2. The summed E-state index contributed by atoms with van der Waals surface area (Å²) in [5.74, 6) is 0.552. The summed E-state index contributed by atoms with van der Waals surface area (Å²) in [4.78, 5) is 1.57. The maximum atomic E-state index is 6.50. The fourth-order valence-electron chi connectivity index (χ4n) is 3.11. The van der Waals surface area contributed by atoms with Crippen LogP contribution in [0.5, 0.6) is 0 Å². The lowest BCUT2D eigenvalue weighted by Gasteiger charge is -2.28. The van der Waals surface area contributed by atoms with Crippen molar-refractivity contribution in [2.75, 3.05) is 0 Å². The average Bonchev–Trinajstić information content (AvgIpc) is 2.89. The Kier molecular flexibility index (Phi) is 3.72. The van der Waals surface area contributed by atoms with E-state index in [1.54, 1.807) is 4.88 Å². The molecule has 2 N–H and O–H groups in total. The first kappa shape index (κ1) is 12.9. The van der Waals surface area contributed by atoms with E-state index in [0.29, 0.717) is 5.92 Å². The molecule has 3 rings (SSSR count). The first-order chi connectivity index (χ1) is 9.24. The van der Waals surface area contributed by atoms with Crippen molar-refractivity contribution in [3.8, 4) is 0 Å². The van der Waals surface area contributed by atoms with E-state index in [9.17, 15) is 0 Å². The van der Waals surface area contributed by atoms with E-state index < -0.39 is 0 Å². The van der Waals surface area contributed by atoms with Gasteiger partial charge in [-0.15, -0.1) is 11.3 Å². The summed E-state index contributed by atoms with van der Waals surface area (Å²) in [6, 6.07) is 11.3. The lowest BCUT2D eigenvalue weighted by atomic mass is 9.81. The van der Waals surface area contributed by atoms with Gasteiger partial charge in [0.2, 0.25) is 0 Å². The molecule has 0 fully saturated rings. The third-order valence-corrected chi connectivity index (χ3v) is 5.20. The largest absolute Gasteiger partial charge is 0.327 e. The predicted molar refractivity (Wildman–Crippen MR) is 82.9 cm³/mol. The zero-order valence-corrected chi connectivity index (χ0v) is 12.2. The molecule has 2 atom stereocenters. The molecule has 0 saturated carbocycles. The van der Waals surface area contributed by atoms with Crippen LogP contribution < -0.4 is 5.73 Å². The van der Waals surface area contributed by atoms with E-state index in [1.165, 1.54) is 36.0 Å². The van der Waals surface area contributed by atoms with Crippen molar-refractivity contribution in [3.63, 3.8) is 0 Å². The number of fused-ring (bicyclic) bond motifs is 1. The Morgan fingerprint density at radius 2 is 2.05 bits per heavy atom. The highest BCUT2D eigenvalue weighted by atomic mass is 32.1. The molecular formula is C17H21NS. The quantitative estimate of drug-likeness (QED) is 0.895. The van der Waals surface area contributed by atoms with Crippen LogP contribution in [0.2, 0.25) is 0 Å². The highest BCUT2D eigenvalue weighted by Gasteiger charge is 2.26. The lowest BCUT2D eigenvalue weighted by molar-refractivity contribution is 0.464. The molecule has 0 spiro atoms.